The van der Waals surface area contributed by atoms with E-state index in [1.807, 2.05) is 0 Å². The van der Waals surface area contributed by atoms with E-state index in [0.29, 0.717) is 18.0 Å². The quantitative estimate of drug-likeness (QED) is 0.525. The monoisotopic (exact) mass is 270 g/mol. The molecule has 114 valence electrons. The topological polar surface area (TPSA) is 39.7 Å². The Bertz CT molecular complexity index is 245. The Kier molecular flexibility index (Phi) is 9.66. The van der Waals surface area contributed by atoms with Crippen LogP contribution in [-0.4, -0.2) is 50.1 Å². The Balaban J connectivity index is 4.70. The van der Waals surface area contributed by atoms with E-state index >= 15 is 0 Å². The van der Waals surface area contributed by atoms with Crippen molar-refractivity contribution in [3.63, 3.8) is 0 Å². The molecule has 4 heteroatoms. The van der Waals surface area contributed by atoms with Crippen LogP contribution in [0.15, 0.2) is 4.99 Å². The smallest absolute Gasteiger partial charge is 0.191 e. The Morgan fingerprint density at radius 2 is 1.68 bits per heavy atom. The molecular formula is C15H34N4. The summed E-state index contributed by atoms with van der Waals surface area (Å²) in [6.45, 7) is 12.7. The first kappa shape index (κ1) is 18.2. The van der Waals surface area contributed by atoms with Gasteiger partial charge in [-0.25, -0.2) is 0 Å². The van der Waals surface area contributed by atoms with Crippen molar-refractivity contribution in [1.29, 1.82) is 0 Å². The highest BCUT2D eigenvalue weighted by Crippen LogP contribution is 2.17. The van der Waals surface area contributed by atoms with Gasteiger partial charge in [0.05, 0.1) is 6.54 Å². The van der Waals surface area contributed by atoms with E-state index in [1.54, 1.807) is 0 Å². The maximum Gasteiger partial charge on any atom is 0.191 e. The number of hydrogen-bond donors (Lipinski definition) is 2. The summed E-state index contributed by atoms with van der Waals surface area (Å²) < 4.78 is 0. The van der Waals surface area contributed by atoms with Crippen molar-refractivity contribution in [2.24, 2.45) is 10.9 Å². The van der Waals surface area contributed by atoms with Gasteiger partial charge in [-0.05, 0) is 40.8 Å². The van der Waals surface area contributed by atoms with Crippen molar-refractivity contribution in [2.45, 2.75) is 59.5 Å². The number of nitrogens with one attached hydrogen (secondary N) is 2. The molecule has 2 N–H and O–H groups in total. The van der Waals surface area contributed by atoms with Gasteiger partial charge in [0.15, 0.2) is 5.96 Å². The molecule has 0 aromatic rings. The minimum Gasteiger partial charge on any atom is -0.357 e. The van der Waals surface area contributed by atoms with Gasteiger partial charge in [-0.1, -0.05) is 26.7 Å². The summed E-state index contributed by atoms with van der Waals surface area (Å²) in [5, 5.41) is 6.67. The lowest BCUT2D eigenvalue weighted by Crippen LogP contribution is -2.43. The predicted octanol–water partition coefficient (Wildman–Crippen LogP) is 2.32. The highest BCUT2D eigenvalue weighted by molar-refractivity contribution is 5.80. The van der Waals surface area contributed by atoms with E-state index in [9.17, 15) is 0 Å². The summed E-state index contributed by atoms with van der Waals surface area (Å²) in [6, 6.07) is 0.918. The number of guanidine groups is 1. The van der Waals surface area contributed by atoms with E-state index in [2.05, 4.69) is 64.2 Å². The molecule has 0 aromatic heterocycles. The first-order valence-corrected chi connectivity index (χ1v) is 7.67. The van der Waals surface area contributed by atoms with E-state index in [-0.39, 0.29) is 0 Å². The molecule has 1 atom stereocenters. The maximum atomic E-state index is 4.74. The summed E-state index contributed by atoms with van der Waals surface area (Å²) >= 11 is 0. The molecule has 0 amide bonds. The van der Waals surface area contributed by atoms with Gasteiger partial charge < -0.3 is 15.5 Å². The average Bonchev–Trinajstić information content (AvgIpc) is 2.33. The first-order chi connectivity index (χ1) is 8.96. The second-order valence-electron chi connectivity index (χ2n) is 5.63. The van der Waals surface area contributed by atoms with E-state index in [1.165, 1.54) is 12.8 Å². The summed E-state index contributed by atoms with van der Waals surface area (Å²) in [6.07, 6.45) is 2.42. The maximum absolute atomic E-state index is 4.74. The lowest BCUT2D eigenvalue weighted by Gasteiger charge is -2.30. The molecule has 0 saturated heterocycles. The van der Waals surface area contributed by atoms with Crippen LogP contribution in [0.5, 0.6) is 0 Å². The fourth-order valence-electron chi connectivity index (χ4n) is 2.35. The van der Waals surface area contributed by atoms with Crippen LogP contribution in [0.3, 0.4) is 0 Å². The SMILES string of the molecule is CCNC(=NCC(C(CC)CC)N(C)C)NC(C)C. The molecule has 0 spiro atoms. The largest absolute Gasteiger partial charge is 0.357 e. The van der Waals surface area contributed by atoms with Gasteiger partial charge in [0, 0.05) is 18.6 Å². The van der Waals surface area contributed by atoms with E-state index in [0.717, 1.165) is 19.0 Å². The third kappa shape index (κ3) is 7.41. The van der Waals surface area contributed by atoms with Crippen molar-refractivity contribution in [3.05, 3.63) is 0 Å². The van der Waals surface area contributed by atoms with Gasteiger partial charge in [-0.3, -0.25) is 4.99 Å². The third-order valence-corrected chi connectivity index (χ3v) is 3.46. The van der Waals surface area contributed by atoms with Crippen LogP contribution < -0.4 is 10.6 Å². The van der Waals surface area contributed by atoms with E-state index in [4.69, 9.17) is 4.99 Å². The zero-order valence-corrected chi connectivity index (χ0v) is 14.0. The highest BCUT2D eigenvalue weighted by atomic mass is 15.2. The molecular weight excluding hydrogens is 236 g/mol. The number of nitrogens with zero attached hydrogens (tertiary/aromatic N) is 2. The third-order valence-electron chi connectivity index (χ3n) is 3.46. The van der Waals surface area contributed by atoms with Gasteiger partial charge in [0.2, 0.25) is 0 Å². The van der Waals surface area contributed by atoms with Gasteiger partial charge in [-0.2, -0.15) is 0 Å². The highest BCUT2D eigenvalue weighted by Gasteiger charge is 2.20. The molecule has 1 unspecified atom stereocenters. The Hall–Kier alpha value is -0.770. The standard InChI is InChI=1S/C15H34N4/c1-8-13(9-2)14(19(6)7)11-17-15(16-10-3)18-12(4)5/h12-14H,8-11H2,1-7H3,(H2,16,17,18). The van der Waals surface area contributed by atoms with Crippen molar-refractivity contribution in [3.8, 4) is 0 Å². The molecule has 0 aliphatic heterocycles. The molecule has 0 aliphatic carbocycles. The summed E-state index contributed by atoms with van der Waals surface area (Å²) in [5.74, 6) is 1.64. The molecule has 0 fully saturated rings. The average molecular weight is 270 g/mol. The summed E-state index contributed by atoms with van der Waals surface area (Å²) in [4.78, 5) is 7.05. The number of aliphatic imine (C=N–C) groups is 1. The van der Waals surface area contributed by atoms with Crippen LogP contribution in [0, 0.1) is 5.92 Å². The molecule has 0 rings (SSSR count). The molecule has 19 heavy (non-hydrogen) atoms. The van der Waals surface area contributed by atoms with Crippen LogP contribution in [0.4, 0.5) is 0 Å². The Morgan fingerprint density at radius 1 is 1.11 bits per heavy atom. The Labute approximate surface area is 120 Å². The summed E-state index contributed by atoms with van der Waals surface area (Å²) in [7, 11) is 4.31. The van der Waals surface area contributed by atoms with Crippen molar-refractivity contribution in [2.75, 3.05) is 27.2 Å². The predicted molar refractivity (Wildman–Crippen MR) is 85.8 cm³/mol. The molecule has 0 heterocycles. The number of rotatable bonds is 8. The zero-order valence-electron chi connectivity index (χ0n) is 14.0. The lowest BCUT2D eigenvalue weighted by molar-refractivity contribution is 0.206. The fraction of sp³-hybridized carbons (Fsp3) is 0.933. The second-order valence-corrected chi connectivity index (χ2v) is 5.63. The molecule has 0 radical (unpaired) electrons. The van der Waals surface area contributed by atoms with Crippen LogP contribution in [0.25, 0.3) is 0 Å². The number of likely N-dealkylation sites (N-methyl/N-ethyl adjacent to an activating group) is 1. The molecule has 0 bridgehead atoms. The molecule has 0 aliphatic rings. The van der Waals surface area contributed by atoms with Crippen molar-refractivity contribution < 1.29 is 0 Å². The van der Waals surface area contributed by atoms with Crippen LogP contribution in [0.1, 0.15) is 47.5 Å². The minimum absolute atomic E-state index is 0.406. The molecule has 4 nitrogen and oxygen atoms in total. The van der Waals surface area contributed by atoms with Gasteiger partial charge in [0.25, 0.3) is 0 Å². The zero-order chi connectivity index (χ0) is 14.8. The summed E-state index contributed by atoms with van der Waals surface area (Å²) in [5.41, 5.74) is 0. The molecule has 0 saturated carbocycles. The molecule has 0 aromatic carbocycles. The van der Waals surface area contributed by atoms with Gasteiger partial charge >= 0.3 is 0 Å². The van der Waals surface area contributed by atoms with Crippen LogP contribution in [0.2, 0.25) is 0 Å². The van der Waals surface area contributed by atoms with Crippen LogP contribution >= 0.6 is 0 Å². The normalized spacial score (nSPS) is 14.3. The Morgan fingerprint density at radius 3 is 2.05 bits per heavy atom. The van der Waals surface area contributed by atoms with E-state index < -0.39 is 0 Å². The van der Waals surface area contributed by atoms with Crippen molar-refractivity contribution >= 4 is 5.96 Å². The fourth-order valence-corrected chi connectivity index (χ4v) is 2.35. The van der Waals surface area contributed by atoms with Gasteiger partial charge in [0.1, 0.15) is 0 Å². The second kappa shape index (κ2) is 10.1. The number of hydrogen-bond acceptors (Lipinski definition) is 2. The first-order valence-electron chi connectivity index (χ1n) is 7.67. The van der Waals surface area contributed by atoms with Crippen LogP contribution in [-0.2, 0) is 0 Å². The lowest BCUT2D eigenvalue weighted by atomic mass is 9.93. The van der Waals surface area contributed by atoms with Gasteiger partial charge in [-0.15, -0.1) is 0 Å². The van der Waals surface area contributed by atoms with Crippen molar-refractivity contribution in [1.82, 2.24) is 15.5 Å². The minimum atomic E-state index is 0.406.